The van der Waals surface area contributed by atoms with Crippen molar-refractivity contribution in [3.05, 3.63) is 20.8 Å². The van der Waals surface area contributed by atoms with Gasteiger partial charge in [0, 0.05) is 33.2 Å². The van der Waals surface area contributed by atoms with Crippen LogP contribution in [-0.4, -0.2) is 67.8 Å². The fraction of sp³-hybridized carbons (Fsp3) is 0.667. The molecule has 12 nitrogen and oxygen atoms in total. The van der Waals surface area contributed by atoms with Crippen LogP contribution in [0.5, 0.6) is 0 Å². The van der Waals surface area contributed by atoms with E-state index in [1.165, 1.54) is 11.6 Å². The van der Waals surface area contributed by atoms with Gasteiger partial charge in [-0.2, -0.15) is 4.98 Å². The average molecular weight is 465 g/mol. The Labute approximate surface area is 191 Å². The predicted molar refractivity (Wildman–Crippen MR) is 121 cm³/mol. The molecule has 0 aromatic carbocycles. The molecular formula is C21H32N6O6. The highest BCUT2D eigenvalue weighted by molar-refractivity contribution is 5.75. The number of ether oxygens (including phenoxy) is 2. The Morgan fingerprint density at radius 1 is 1.03 bits per heavy atom. The lowest BCUT2D eigenvalue weighted by Crippen LogP contribution is -2.50. The van der Waals surface area contributed by atoms with Gasteiger partial charge in [0.15, 0.2) is 17.9 Å². The normalized spacial score (nSPS) is 15.1. The Balaban J connectivity index is 1.81. The highest BCUT2D eigenvalue weighted by atomic mass is 16.6. The molecule has 0 saturated carbocycles. The number of carbonyl (C=O) groups excluding carboxylic acids is 2. The van der Waals surface area contributed by atoms with Gasteiger partial charge < -0.3 is 24.3 Å². The number of H-pyrrole nitrogens is 1. The van der Waals surface area contributed by atoms with Gasteiger partial charge in [-0.25, -0.2) is 14.2 Å². The number of amides is 1. The summed E-state index contributed by atoms with van der Waals surface area (Å²) in [7, 11) is 1.50. The van der Waals surface area contributed by atoms with E-state index < -0.39 is 35.0 Å². The van der Waals surface area contributed by atoms with Crippen LogP contribution >= 0.6 is 0 Å². The number of nitrogens with zero attached hydrogens (tertiary/aromatic N) is 5. The molecule has 0 bridgehead atoms. The van der Waals surface area contributed by atoms with Gasteiger partial charge in [0.25, 0.3) is 5.56 Å². The lowest BCUT2D eigenvalue weighted by atomic mass is 9.98. The molecule has 2 aromatic heterocycles. The molecule has 0 spiro atoms. The Hall–Kier alpha value is -3.31. The Kier molecular flexibility index (Phi) is 6.31. The van der Waals surface area contributed by atoms with Crippen LogP contribution in [0.2, 0.25) is 0 Å². The molecule has 0 radical (unpaired) electrons. The third kappa shape index (κ3) is 5.20. The Morgan fingerprint density at radius 3 is 2.18 bits per heavy atom. The first-order chi connectivity index (χ1) is 15.2. The molecule has 0 aliphatic carbocycles. The summed E-state index contributed by atoms with van der Waals surface area (Å²) in [4.78, 5) is 60.9. The molecule has 1 amide bonds. The Bertz CT molecular complexity index is 1170. The van der Waals surface area contributed by atoms with Crippen LogP contribution in [0.1, 0.15) is 41.5 Å². The maximum Gasteiger partial charge on any atom is 0.410 e. The molecule has 33 heavy (non-hydrogen) atoms. The van der Waals surface area contributed by atoms with Gasteiger partial charge in [-0.15, -0.1) is 0 Å². The second kappa shape index (κ2) is 8.56. The van der Waals surface area contributed by atoms with Gasteiger partial charge in [0.05, 0.1) is 5.41 Å². The smallest absolute Gasteiger partial charge is 0.410 e. The highest BCUT2D eigenvalue weighted by Gasteiger charge is 2.28. The SMILES string of the molecule is Cn1c(=O)n(COC(=O)C(C)(C)C)c(=O)c2[nH]c(N3CCN(C(=O)OC(C)(C)C)CC3)nc21. The summed E-state index contributed by atoms with van der Waals surface area (Å²) < 4.78 is 12.7. The number of aromatic nitrogens is 4. The van der Waals surface area contributed by atoms with E-state index in [1.54, 1.807) is 25.7 Å². The van der Waals surface area contributed by atoms with Crippen LogP contribution in [0, 0.1) is 5.41 Å². The van der Waals surface area contributed by atoms with E-state index in [9.17, 15) is 19.2 Å². The zero-order valence-corrected chi connectivity index (χ0v) is 20.2. The molecular weight excluding hydrogens is 432 g/mol. The fourth-order valence-corrected chi connectivity index (χ4v) is 3.27. The van der Waals surface area contributed by atoms with Crippen LogP contribution < -0.4 is 16.1 Å². The quantitative estimate of drug-likeness (QED) is 0.666. The number of piperazine rings is 1. The molecule has 3 heterocycles. The van der Waals surface area contributed by atoms with Crippen LogP contribution in [0.4, 0.5) is 10.7 Å². The minimum Gasteiger partial charge on any atom is -0.444 e. The number of hydrogen-bond acceptors (Lipinski definition) is 8. The molecule has 0 atom stereocenters. The summed E-state index contributed by atoms with van der Waals surface area (Å²) in [6.07, 6.45) is -0.373. The average Bonchev–Trinajstić information content (AvgIpc) is 3.16. The number of anilines is 1. The number of rotatable bonds is 3. The van der Waals surface area contributed by atoms with Gasteiger partial charge >= 0.3 is 17.8 Å². The Morgan fingerprint density at radius 2 is 1.64 bits per heavy atom. The summed E-state index contributed by atoms with van der Waals surface area (Å²) in [5, 5.41) is 0. The molecule has 182 valence electrons. The number of aryl methyl sites for hydroxylation is 1. The fourth-order valence-electron chi connectivity index (χ4n) is 3.27. The first kappa shape index (κ1) is 24.3. The van der Waals surface area contributed by atoms with Crippen molar-refractivity contribution in [2.24, 2.45) is 12.5 Å². The van der Waals surface area contributed by atoms with E-state index in [2.05, 4.69) is 9.97 Å². The lowest BCUT2D eigenvalue weighted by Gasteiger charge is -2.35. The standard InChI is InChI=1S/C21H32N6O6/c1-20(2,3)16(29)32-12-27-15(28)13-14(24(7)18(27)30)23-17(22-13)25-8-10-26(11-9-25)19(31)33-21(4,5)6/h8-12H2,1-7H3,(H,22,23). The number of aromatic amines is 1. The molecule has 12 heteroatoms. The lowest BCUT2D eigenvalue weighted by molar-refractivity contribution is -0.157. The van der Waals surface area contributed by atoms with Gasteiger partial charge in [-0.05, 0) is 41.5 Å². The first-order valence-electron chi connectivity index (χ1n) is 10.8. The third-order valence-corrected chi connectivity index (χ3v) is 5.13. The van der Waals surface area contributed by atoms with Crippen molar-refractivity contribution in [2.75, 3.05) is 31.1 Å². The molecule has 0 unspecified atom stereocenters. The summed E-state index contributed by atoms with van der Waals surface area (Å²) in [6, 6.07) is 0. The molecule has 2 aromatic rings. The summed E-state index contributed by atoms with van der Waals surface area (Å²) in [5.41, 5.74) is -2.26. The highest BCUT2D eigenvalue weighted by Crippen LogP contribution is 2.18. The van der Waals surface area contributed by atoms with Crippen molar-refractivity contribution < 1.29 is 19.1 Å². The van der Waals surface area contributed by atoms with Gasteiger partial charge in [0.2, 0.25) is 5.95 Å². The monoisotopic (exact) mass is 464 g/mol. The van der Waals surface area contributed by atoms with Crippen molar-refractivity contribution in [3.63, 3.8) is 0 Å². The summed E-state index contributed by atoms with van der Waals surface area (Å²) in [5.74, 6) is -0.102. The van der Waals surface area contributed by atoms with Crippen LogP contribution in [0.25, 0.3) is 11.2 Å². The van der Waals surface area contributed by atoms with Crippen molar-refractivity contribution in [1.29, 1.82) is 0 Å². The molecule has 1 fully saturated rings. The first-order valence-corrected chi connectivity index (χ1v) is 10.8. The van der Waals surface area contributed by atoms with E-state index >= 15 is 0 Å². The zero-order chi connectivity index (χ0) is 24.7. The van der Waals surface area contributed by atoms with E-state index in [4.69, 9.17) is 9.47 Å². The topological polar surface area (TPSA) is 132 Å². The predicted octanol–water partition coefficient (Wildman–Crippen LogP) is 1.03. The minimum absolute atomic E-state index is 0.133. The van der Waals surface area contributed by atoms with Crippen molar-refractivity contribution >= 4 is 29.2 Å². The molecule has 1 aliphatic rings. The third-order valence-electron chi connectivity index (χ3n) is 5.13. The van der Waals surface area contributed by atoms with E-state index in [1.807, 2.05) is 25.7 Å². The van der Waals surface area contributed by atoms with Crippen LogP contribution in [0.3, 0.4) is 0 Å². The maximum atomic E-state index is 12.9. The van der Waals surface area contributed by atoms with E-state index in [-0.39, 0.29) is 17.3 Å². The number of carbonyl (C=O) groups is 2. The van der Waals surface area contributed by atoms with E-state index in [0.29, 0.717) is 32.1 Å². The molecule has 1 aliphatic heterocycles. The van der Waals surface area contributed by atoms with E-state index in [0.717, 1.165) is 4.57 Å². The van der Waals surface area contributed by atoms with Gasteiger partial charge in [0.1, 0.15) is 5.60 Å². The van der Waals surface area contributed by atoms with Crippen LogP contribution in [-0.2, 0) is 28.0 Å². The number of fused-ring (bicyclic) bond motifs is 1. The maximum absolute atomic E-state index is 12.9. The number of imidazole rings is 1. The molecule has 1 N–H and O–H groups in total. The van der Waals surface area contributed by atoms with Crippen LogP contribution in [0.15, 0.2) is 9.59 Å². The molecule has 1 saturated heterocycles. The number of hydrogen-bond donors (Lipinski definition) is 1. The zero-order valence-electron chi connectivity index (χ0n) is 20.2. The summed E-state index contributed by atoms with van der Waals surface area (Å²) in [6.45, 7) is 11.8. The summed E-state index contributed by atoms with van der Waals surface area (Å²) >= 11 is 0. The number of esters is 1. The number of nitrogens with one attached hydrogen (secondary N) is 1. The second-order valence-corrected chi connectivity index (χ2v) is 10.1. The second-order valence-electron chi connectivity index (χ2n) is 10.1. The molecule has 3 rings (SSSR count). The van der Waals surface area contributed by atoms with Crippen molar-refractivity contribution in [2.45, 2.75) is 53.9 Å². The van der Waals surface area contributed by atoms with Crippen molar-refractivity contribution in [1.82, 2.24) is 24.0 Å². The van der Waals surface area contributed by atoms with Gasteiger partial charge in [-0.3, -0.25) is 14.2 Å². The van der Waals surface area contributed by atoms with Gasteiger partial charge in [-0.1, -0.05) is 0 Å². The van der Waals surface area contributed by atoms with Crippen molar-refractivity contribution in [3.8, 4) is 0 Å². The largest absolute Gasteiger partial charge is 0.444 e. The minimum atomic E-state index is -0.762.